The first-order chi connectivity index (χ1) is 14.9. The Bertz CT molecular complexity index is 1300. The van der Waals surface area contributed by atoms with Crippen molar-refractivity contribution in [3.63, 3.8) is 0 Å². The standard InChI is InChI=1S/C22H18ClN3O3S2/c1-3-29-22(28)16-15(12-5-7-13(23)8-6-12)10-30-21(16)26-19(27)18-17(24)14-9-4-11(2)25-20(14)31-18/h4-10H,3,24H2,1-2H3,(H,26,27). The molecule has 1 amide bonds. The van der Waals surface area contributed by atoms with Gasteiger partial charge < -0.3 is 15.8 Å². The summed E-state index contributed by atoms with van der Waals surface area (Å²) in [6.45, 7) is 3.83. The number of esters is 1. The summed E-state index contributed by atoms with van der Waals surface area (Å²) in [7, 11) is 0. The maximum Gasteiger partial charge on any atom is 0.341 e. The zero-order valence-electron chi connectivity index (χ0n) is 16.7. The van der Waals surface area contributed by atoms with Crippen LogP contribution in [-0.2, 0) is 4.74 Å². The van der Waals surface area contributed by atoms with Gasteiger partial charge in [-0.2, -0.15) is 0 Å². The Morgan fingerprint density at radius 1 is 1.19 bits per heavy atom. The molecular weight excluding hydrogens is 454 g/mol. The number of aromatic nitrogens is 1. The summed E-state index contributed by atoms with van der Waals surface area (Å²) in [6.07, 6.45) is 0. The van der Waals surface area contributed by atoms with Crippen LogP contribution in [0.3, 0.4) is 0 Å². The van der Waals surface area contributed by atoms with Crippen molar-refractivity contribution in [2.24, 2.45) is 0 Å². The highest BCUT2D eigenvalue weighted by atomic mass is 35.5. The summed E-state index contributed by atoms with van der Waals surface area (Å²) in [4.78, 5) is 31.3. The van der Waals surface area contributed by atoms with Crippen LogP contribution in [0.5, 0.6) is 0 Å². The van der Waals surface area contributed by atoms with E-state index in [0.29, 0.717) is 36.5 Å². The van der Waals surface area contributed by atoms with Gasteiger partial charge in [-0.05, 0) is 43.7 Å². The summed E-state index contributed by atoms with van der Waals surface area (Å²) in [5.74, 6) is -0.904. The van der Waals surface area contributed by atoms with Gasteiger partial charge in [-0.3, -0.25) is 4.79 Å². The molecule has 4 rings (SSSR count). The number of pyridine rings is 1. The summed E-state index contributed by atoms with van der Waals surface area (Å²) >= 11 is 8.46. The predicted octanol–water partition coefficient (Wildman–Crippen LogP) is 6.00. The molecule has 0 saturated heterocycles. The van der Waals surface area contributed by atoms with E-state index in [4.69, 9.17) is 22.1 Å². The monoisotopic (exact) mass is 471 g/mol. The van der Waals surface area contributed by atoms with Gasteiger partial charge in [0.2, 0.25) is 0 Å². The SMILES string of the molecule is CCOC(=O)c1c(-c2ccc(Cl)cc2)csc1NC(=O)c1sc2nc(C)ccc2c1N. The number of rotatable bonds is 5. The lowest BCUT2D eigenvalue weighted by Crippen LogP contribution is -2.14. The van der Waals surface area contributed by atoms with E-state index in [1.165, 1.54) is 22.7 Å². The fourth-order valence-electron chi connectivity index (χ4n) is 3.12. The first-order valence-corrected chi connectivity index (χ1v) is 11.5. The molecule has 0 atom stereocenters. The van der Waals surface area contributed by atoms with E-state index < -0.39 is 11.9 Å². The van der Waals surface area contributed by atoms with Gasteiger partial charge >= 0.3 is 5.97 Å². The highest BCUT2D eigenvalue weighted by Crippen LogP contribution is 2.38. The van der Waals surface area contributed by atoms with Gasteiger partial charge in [-0.15, -0.1) is 22.7 Å². The molecule has 0 aliphatic carbocycles. The topological polar surface area (TPSA) is 94.3 Å². The highest BCUT2D eigenvalue weighted by molar-refractivity contribution is 7.21. The van der Waals surface area contributed by atoms with Crippen LogP contribution in [0.4, 0.5) is 10.7 Å². The molecule has 158 valence electrons. The molecule has 3 N–H and O–H groups in total. The van der Waals surface area contributed by atoms with Crippen molar-refractivity contribution in [1.82, 2.24) is 4.98 Å². The first-order valence-electron chi connectivity index (χ1n) is 9.40. The molecule has 0 aliphatic rings. The smallest absolute Gasteiger partial charge is 0.341 e. The number of aryl methyl sites for hydroxylation is 1. The molecule has 31 heavy (non-hydrogen) atoms. The van der Waals surface area contributed by atoms with Gasteiger partial charge in [0.15, 0.2) is 0 Å². The lowest BCUT2D eigenvalue weighted by molar-refractivity contribution is 0.0529. The summed E-state index contributed by atoms with van der Waals surface area (Å²) in [5, 5.41) is 6.37. The quantitative estimate of drug-likeness (QED) is 0.348. The lowest BCUT2D eigenvalue weighted by atomic mass is 10.0. The van der Waals surface area contributed by atoms with E-state index in [2.05, 4.69) is 10.3 Å². The minimum Gasteiger partial charge on any atom is -0.462 e. The summed E-state index contributed by atoms with van der Waals surface area (Å²) in [6, 6.07) is 10.8. The van der Waals surface area contributed by atoms with Crippen molar-refractivity contribution in [1.29, 1.82) is 0 Å². The number of nitrogens with one attached hydrogen (secondary N) is 1. The van der Waals surface area contributed by atoms with Crippen LogP contribution in [0.1, 0.15) is 32.6 Å². The third kappa shape index (κ3) is 4.14. The number of fused-ring (bicyclic) bond motifs is 1. The number of thiophene rings is 2. The Morgan fingerprint density at radius 2 is 1.94 bits per heavy atom. The van der Waals surface area contributed by atoms with Crippen LogP contribution in [-0.4, -0.2) is 23.5 Å². The third-order valence-electron chi connectivity index (χ3n) is 4.59. The Balaban J connectivity index is 1.72. The number of carbonyl (C=O) groups is 2. The molecule has 3 heterocycles. The Hall–Kier alpha value is -2.94. The molecule has 3 aromatic heterocycles. The second kappa shape index (κ2) is 8.66. The number of benzene rings is 1. The summed E-state index contributed by atoms with van der Waals surface area (Å²) in [5.41, 5.74) is 9.19. The second-order valence-corrected chi connectivity index (χ2v) is 9.00. The van der Waals surface area contributed by atoms with Crippen molar-refractivity contribution in [2.45, 2.75) is 13.8 Å². The van der Waals surface area contributed by atoms with E-state index in [1.54, 1.807) is 19.1 Å². The Morgan fingerprint density at radius 3 is 2.65 bits per heavy atom. The number of halogens is 1. The average molecular weight is 472 g/mol. The molecule has 0 fully saturated rings. The third-order valence-corrected chi connectivity index (χ3v) is 6.85. The number of anilines is 2. The first kappa shape index (κ1) is 21.3. The average Bonchev–Trinajstić information content (AvgIpc) is 3.29. The molecule has 0 spiro atoms. The van der Waals surface area contributed by atoms with Gasteiger partial charge in [0.05, 0.1) is 12.3 Å². The molecule has 4 aromatic rings. The zero-order chi connectivity index (χ0) is 22.1. The van der Waals surface area contributed by atoms with Crippen LogP contribution >= 0.6 is 34.3 Å². The van der Waals surface area contributed by atoms with Crippen molar-refractivity contribution in [3.8, 4) is 11.1 Å². The molecule has 0 unspecified atom stereocenters. The van der Waals surface area contributed by atoms with Crippen molar-refractivity contribution >= 4 is 67.1 Å². The van der Waals surface area contributed by atoms with E-state index >= 15 is 0 Å². The van der Waals surface area contributed by atoms with Gasteiger partial charge in [0.25, 0.3) is 5.91 Å². The number of hydrogen-bond donors (Lipinski definition) is 2. The van der Waals surface area contributed by atoms with Gasteiger partial charge in [-0.25, -0.2) is 9.78 Å². The van der Waals surface area contributed by atoms with Crippen molar-refractivity contribution in [2.75, 3.05) is 17.7 Å². The molecule has 9 heteroatoms. The van der Waals surface area contributed by atoms with Crippen LogP contribution in [0.25, 0.3) is 21.3 Å². The van der Waals surface area contributed by atoms with Crippen LogP contribution < -0.4 is 11.1 Å². The number of nitrogens with two attached hydrogens (primary N) is 1. The highest BCUT2D eigenvalue weighted by Gasteiger charge is 2.25. The maximum absolute atomic E-state index is 13.0. The number of nitrogens with zero attached hydrogens (tertiary/aromatic N) is 1. The van der Waals surface area contributed by atoms with Crippen LogP contribution in [0.2, 0.25) is 5.02 Å². The summed E-state index contributed by atoms with van der Waals surface area (Å²) < 4.78 is 5.24. The van der Waals surface area contributed by atoms with Gasteiger partial charge in [0.1, 0.15) is 20.3 Å². The minimum atomic E-state index is -0.509. The van der Waals surface area contributed by atoms with Crippen molar-refractivity contribution in [3.05, 3.63) is 62.9 Å². The maximum atomic E-state index is 13.0. The molecular formula is C22H18ClN3O3S2. The van der Waals surface area contributed by atoms with E-state index in [9.17, 15) is 9.59 Å². The number of hydrogen-bond acceptors (Lipinski definition) is 7. The Labute approximate surface area is 191 Å². The fraction of sp³-hybridized carbons (Fsp3) is 0.136. The largest absolute Gasteiger partial charge is 0.462 e. The van der Waals surface area contributed by atoms with Gasteiger partial charge in [0, 0.05) is 27.0 Å². The van der Waals surface area contributed by atoms with E-state index in [0.717, 1.165) is 16.6 Å². The zero-order valence-corrected chi connectivity index (χ0v) is 19.1. The number of carbonyl (C=O) groups excluding carboxylic acids is 2. The molecule has 6 nitrogen and oxygen atoms in total. The number of amides is 1. The molecule has 0 bridgehead atoms. The molecule has 1 aromatic carbocycles. The normalized spacial score (nSPS) is 10.9. The van der Waals surface area contributed by atoms with Crippen LogP contribution in [0.15, 0.2) is 41.8 Å². The predicted molar refractivity (Wildman–Crippen MR) is 127 cm³/mol. The minimum absolute atomic E-state index is 0.219. The fourth-order valence-corrected chi connectivity index (χ4v) is 5.23. The van der Waals surface area contributed by atoms with E-state index in [-0.39, 0.29) is 6.61 Å². The molecule has 0 radical (unpaired) electrons. The van der Waals surface area contributed by atoms with Crippen molar-refractivity contribution < 1.29 is 14.3 Å². The number of nitrogen functional groups attached to an aromatic ring is 1. The number of ether oxygens (including phenoxy) is 1. The lowest BCUT2D eigenvalue weighted by Gasteiger charge is -2.09. The Kier molecular flexibility index (Phi) is 5.95. The molecule has 0 aliphatic heterocycles. The molecule has 0 saturated carbocycles. The van der Waals surface area contributed by atoms with Crippen LogP contribution in [0, 0.1) is 6.92 Å². The van der Waals surface area contributed by atoms with Gasteiger partial charge in [-0.1, -0.05) is 23.7 Å². The second-order valence-electron chi connectivity index (χ2n) is 6.69. The van der Waals surface area contributed by atoms with E-state index in [1.807, 2.05) is 36.6 Å².